The zero-order valence-corrected chi connectivity index (χ0v) is 13.3. The first-order valence-corrected chi connectivity index (χ1v) is 7.17. The monoisotopic (exact) mass is 305 g/mol. The predicted octanol–water partition coefficient (Wildman–Crippen LogP) is 4.86. The second-order valence-corrected chi connectivity index (χ2v) is 5.68. The lowest BCUT2D eigenvalue weighted by molar-refractivity contribution is 0.440. The highest BCUT2D eigenvalue weighted by Gasteiger charge is 2.15. The van der Waals surface area contributed by atoms with Crippen LogP contribution in [0.2, 0.25) is 5.02 Å². The lowest BCUT2D eigenvalue weighted by atomic mass is 10.0. The molecule has 0 aliphatic carbocycles. The first-order valence-electron chi connectivity index (χ1n) is 6.79. The SMILES string of the molecule is CC(C)=CCC/C(C)=C/Cc1c(O)c(Cl)cc(C#N)c1O. The zero-order valence-electron chi connectivity index (χ0n) is 12.6. The summed E-state index contributed by atoms with van der Waals surface area (Å²) in [5, 5.41) is 28.9. The number of halogens is 1. The van der Waals surface area contributed by atoms with Gasteiger partial charge in [0.1, 0.15) is 17.6 Å². The van der Waals surface area contributed by atoms with Gasteiger partial charge in [-0.2, -0.15) is 5.26 Å². The Morgan fingerprint density at radius 1 is 1.24 bits per heavy atom. The van der Waals surface area contributed by atoms with Crippen LogP contribution >= 0.6 is 11.6 Å². The van der Waals surface area contributed by atoms with Crippen molar-refractivity contribution in [2.75, 3.05) is 0 Å². The standard InChI is InChI=1S/C17H20ClNO2/c1-11(2)5-4-6-12(3)7-8-14-16(20)13(10-19)9-15(18)17(14)21/h5,7,9,20-21H,4,6,8H2,1-3H3/b12-7+. The number of nitriles is 1. The molecule has 0 unspecified atom stereocenters. The third kappa shape index (κ3) is 4.84. The van der Waals surface area contributed by atoms with Crippen LogP contribution in [0, 0.1) is 11.3 Å². The minimum absolute atomic E-state index is 0.0726. The first-order chi connectivity index (χ1) is 9.86. The number of aromatic hydroxyl groups is 2. The van der Waals surface area contributed by atoms with Gasteiger partial charge in [-0.05, 0) is 46.1 Å². The lowest BCUT2D eigenvalue weighted by Crippen LogP contribution is -1.90. The number of phenols is 2. The Kier molecular flexibility index (Phi) is 6.33. The van der Waals surface area contributed by atoms with E-state index in [1.54, 1.807) is 0 Å². The van der Waals surface area contributed by atoms with Crippen LogP contribution in [0.3, 0.4) is 0 Å². The molecule has 21 heavy (non-hydrogen) atoms. The van der Waals surface area contributed by atoms with Crippen molar-refractivity contribution in [2.45, 2.75) is 40.0 Å². The van der Waals surface area contributed by atoms with Crippen molar-refractivity contribution in [3.8, 4) is 17.6 Å². The molecule has 0 heterocycles. The van der Waals surface area contributed by atoms with Gasteiger partial charge in [0.2, 0.25) is 0 Å². The quantitative estimate of drug-likeness (QED) is 0.764. The number of hydrogen-bond donors (Lipinski definition) is 2. The van der Waals surface area contributed by atoms with Crippen molar-refractivity contribution in [3.05, 3.63) is 45.5 Å². The second kappa shape index (κ2) is 7.75. The van der Waals surface area contributed by atoms with Crippen molar-refractivity contribution < 1.29 is 10.2 Å². The maximum absolute atomic E-state index is 9.98. The largest absolute Gasteiger partial charge is 0.506 e. The average Bonchev–Trinajstić information content (AvgIpc) is 2.42. The number of nitrogens with zero attached hydrogens (tertiary/aromatic N) is 1. The van der Waals surface area contributed by atoms with Gasteiger partial charge in [-0.25, -0.2) is 0 Å². The van der Waals surface area contributed by atoms with Gasteiger partial charge < -0.3 is 10.2 Å². The molecule has 1 aromatic carbocycles. The molecule has 0 spiro atoms. The van der Waals surface area contributed by atoms with Crippen molar-refractivity contribution in [1.29, 1.82) is 5.26 Å². The summed E-state index contributed by atoms with van der Waals surface area (Å²) in [6.07, 6.45) is 6.32. The molecule has 0 amide bonds. The van der Waals surface area contributed by atoms with Gasteiger partial charge in [0.05, 0.1) is 10.6 Å². The molecule has 0 aliphatic heterocycles. The molecular formula is C17H20ClNO2. The zero-order chi connectivity index (χ0) is 16.0. The van der Waals surface area contributed by atoms with E-state index in [9.17, 15) is 10.2 Å². The van der Waals surface area contributed by atoms with Gasteiger partial charge in [0.15, 0.2) is 0 Å². The van der Waals surface area contributed by atoms with Gasteiger partial charge in [0, 0.05) is 5.56 Å². The van der Waals surface area contributed by atoms with E-state index in [0.29, 0.717) is 12.0 Å². The summed E-state index contributed by atoms with van der Waals surface area (Å²) in [5.41, 5.74) is 2.81. The highest BCUT2D eigenvalue weighted by atomic mass is 35.5. The summed E-state index contributed by atoms with van der Waals surface area (Å²) < 4.78 is 0. The van der Waals surface area contributed by atoms with Gasteiger partial charge in [-0.15, -0.1) is 0 Å². The number of hydrogen-bond acceptors (Lipinski definition) is 3. The topological polar surface area (TPSA) is 64.2 Å². The predicted molar refractivity (Wildman–Crippen MR) is 85.6 cm³/mol. The molecule has 0 fully saturated rings. The van der Waals surface area contributed by atoms with Crippen LogP contribution in [0.25, 0.3) is 0 Å². The molecule has 0 aliphatic rings. The molecule has 2 N–H and O–H groups in total. The second-order valence-electron chi connectivity index (χ2n) is 5.27. The van der Waals surface area contributed by atoms with E-state index in [2.05, 4.69) is 19.9 Å². The summed E-state index contributed by atoms with van der Waals surface area (Å²) in [6, 6.07) is 3.13. The lowest BCUT2D eigenvalue weighted by Gasteiger charge is -2.09. The normalized spacial score (nSPS) is 11.1. The van der Waals surface area contributed by atoms with Crippen LogP contribution in [-0.4, -0.2) is 10.2 Å². The van der Waals surface area contributed by atoms with Crippen molar-refractivity contribution >= 4 is 11.6 Å². The van der Waals surface area contributed by atoms with Crippen LogP contribution in [0.15, 0.2) is 29.4 Å². The molecule has 1 aromatic rings. The van der Waals surface area contributed by atoms with Crippen LogP contribution < -0.4 is 0 Å². The Balaban J connectivity index is 2.91. The van der Waals surface area contributed by atoms with Crippen molar-refractivity contribution in [1.82, 2.24) is 0 Å². The third-order valence-corrected chi connectivity index (χ3v) is 3.48. The Morgan fingerprint density at radius 3 is 2.48 bits per heavy atom. The third-order valence-electron chi connectivity index (χ3n) is 3.19. The molecule has 0 saturated heterocycles. The van der Waals surface area contributed by atoms with E-state index in [-0.39, 0.29) is 22.1 Å². The summed E-state index contributed by atoms with van der Waals surface area (Å²) in [4.78, 5) is 0. The molecular weight excluding hydrogens is 286 g/mol. The number of phenolic OH excluding ortho intramolecular Hbond substituents is 2. The Hall–Kier alpha value is -1.92. The van der Waals surface area contributed by atoms with Gasteiger partial charge in [0.25, 0.3) is 0 Å². The van der Waals surface area contributed by atoms with Crippen LogP contribution in [-0.2, 0) is 6.42 Å². The Morgan fingerprint density at radius 2 is 1.90 bits per heavy atom. The highest BCUT2D eigenvalue weighted by Crippen LogP contribution is 2.37. The molecule has 4 heteroatoms. The minimum atomic E-state index is -0.201. The van der Waals surface area contributed by atoms with Crippen LogP contribution in [0.4, 0.5) is 0 Å². The maximum atomic E-state index is 9.98. The number of rotatable bonds is 5. The molecule has 3 nitrogen and oxygen atoms in total. The number of benzene rings is 1. The minimum Gasteiger partial charge on any atom is -0.506 e. The molecule has 0 saturated carbocycles. The summed E-state index contributed by atoms with van der Waals surface area (Å²) in [6.45, 7) is 6.12. The maximum Gasteiger partial charge on any atom is 0.141 e. The molecule has 1 rings (SSSR count). The molecule has 0 bridgehead atoms. The molecule has 0 aromatic heterocycles. The van der Waals surface area contributed by atoms with Gasteiger partial charge >= 0.3 is 0 Å². The van der Waals surface area contributed by atoms with Crippen molar-refractivity contribution in [2.24, 2.45) is 0 Å². The fraction of sp³-hybridized carbons (Fsp3) is 0.353. The smallest absolute Gasteiger partial charge is 0.141 e. The Bertz CT molecular complexity index is 621. The summed E-state index contributed by atoms with van der Waals surface area (Å²) in [5.74, 6) is -0.366. The van der Waals surface area contributed by atoms with Crippen molar-refractivity contribution in [3.63, 3.8) is 0 Å². The molecule has 0 atom stereocenters. The fourth-order valence-corrected chi connectivity index (χ4v) is 2.15. The van der Waals surface area contributed by atoms with E-state index in [1.807, 2.05) is 19.1 Å². The van der Waals surface area contributed by atoms with E-state index >= 15 is 0 Å². The van der Waals surface area contributed by atoms with Crippen LogP contribution in [0.5, 0.6) is 11.5 Å². The first kappa shape index (κ1) is 17.1. The molecule has 0 radical (unpaired) electrons. The van der Waals surface area contributed by atoms with E-state index in [4.69, 9.17) is 16.9 Å². The van der Waals surface area contributed by atoms with Gasteiger partial charge in [-0.3, -0.25) is 0 Å². The highest BCUT2D eigenvalue weighted by molar-refractivity contribution is 6.32. The Labute approximate surface area is 130 Å². The fourth-order valence-electron chi connectivity index (χ4n) is 1.93. The van der Waals surface area contributed by atoms with E-state index < -0.39 is 0 Å². The number of allylic oxidation sites excluding steroid dienone is 4. The van der Waals surface area contributed by atoms with E-state index in [0.717, 1.165) is 18.4 Å². The van der Waals surface area contributed by atoms with E-state index in [1.165, 1.54) is 11.6 Å². The van der Waals surface area contributed by atoms with Crippen LogP contribution in [0.1, 0.15) is 44.7 Å². The van der Waals surface area contributed by atoms with Gasteiger partial charge in [-0.1, -0.05) is 34.9 Å². The summed E-state index contributed by atoms with van der Waals surface area (Å²) in [7, 11) is 0. The average molecular weight is 306 g/mol. The molecule has 112 valence electrons. The summed E-state index contributed by atoms with van der Waals surface area (Å²) >= 11 is 5.86.